The lowest BCUT2D eigenvalue weighted by molar-refractivity contribution is -0.0492. The molecule has 2 rings (SSSR count). The standard InChI is InChI=1S/C10H19NO/c1-9-8-12-7-4-10(9)2-5-11-6-3-10/h9,11H,2-8H2,1H3. The molecule has 0 aliphatic carbocycles. The van der Waals surface area contributed by atoms with Gasteiger partial charge >= 0.3 is 0 Å². The van der Waals surface area contributed by atoms with Crippen LogP contribution in [0.3, 0.4) is 0 Å². The third kappa shape index (κ3) is 1.38. The zero-order valence-electron chi connectivity index (χ0n) is 7.94. The molecule has 70 valence electrons. The van der Waals surface area contributed by atoms with Gasteiger partial charge in [0.1, 0.15) is 0 Å². The Labute approximate surface area is 74.7 Å². The topological polar surface area (TPSA) is 21.3 Å². The molecule has 1 N–H and O–H groups in total. The molecule has 12 heavy (non-hydrogen) atoms. The van der Waals surface area contributed by atoms with Crippen molar-refractivity contribution in [2.24, 2.45) is 11.3 Å². The van der Waals surface area contributed by atoms with Crippen LogP contribution in [-0.4, -0.2) is 26.3 Å². The molecular formula is C10H19NO. The summed E-state index contributed by atoms with van der Waals surface area (Å²) in [5.74, 6) is 0.772. The third-order valence-corrected chi connectivity index (χ3v) is 3.76. The highest BCUT2D eigenvalue weighted by atomic mass is 16.5. The van der Waals surface area contributed by atoms with Crippen molar-refractivity contribution >= 4 is 0 Å². The highest BCUT2D eigenvalue weighted by molar-refractivity contribution is 4.90. The largest absolute Gasteiger partial charge is 0.381 e. The second-order valence-corrected chi connectivity index (χ2v) is 4.34. The number of ether oxygens (including phenoxy) is 1. The Morgan fingerprint density at radius 2 is 2.00 bits per heavy atom. The SMILES string of the molecule is CC1COCCC12CCNCC2. The lowest BCUT2D eigenvalue weighted by atomic mass is 9.67. The second kappa shape index (κ2) is 3.35. The highest BCUT2D eigenvalue weighted by Crippen LogP contribution is 2.42. The predicted octanol–water partition coefficient (Wildman–Crippen LogP) is 1.41. The van der Waals surface area contributed by atoms with Gasteiger partial charge in [-0.05, 0) is 43.7 Å². The molecule has 0 bridgehead atoms. The number of hydrogen-bond acceptors (Lipinski definition) is 2. The van der Waals surface area contributed by atoms with Crippen molar-refractivity contribution in [3.05, 3.63) is 0 Å². The Kier molecular flexibility index (Phi) is 2.37. The Morgan fingerprint density at radius 3 is 2.67 bits per heavy atom. The Balaban J connectivity index is 2.04. The summed E-state index contributed by atoms with van der Waals surface area (Å²) < 4.78 is 5.49. The molecule has 1 atom stereocenters. The van der Waals surface area contributed by atoms with Crippen molar-refractivity contribution in [2.75, 3.05) is 26.3 Å². The molecule has 0 saturated carbocycles. The smallest absolute Gasteiger partial charge is 0.0496 e. The average molecular weight is 169 g/mol. The van der Waals surface area contributed by atoms with E-state index in [2.05, 4.69) is 12.2 Å². The third-order valence-electron chi connectivity index (χ3n) is 3.76. The van der Waals surface area contributed by atoms with Crippen LogP contribution < -0.4 is 5.32 Å². The molecule has 2 aliphatic heterocycles. The molecule has 0 amide bonds. The van der Waals surface area contributed by atoms with E-state index in [1.165, 1.54) is 32.4 Å². The Bertz CT molecular complexity index is 144. The average Bonchev–Trinajstić information content (AvgIpc) is 2.12. The van der Waals surface area contributed by atoms with Crippen LogP contribution in [0.2, 0.25) is 0 Å². The van der Waals surface area contributed by atoms with Crippen LogP contribution in [0.25, 0.3) is 0 Å². The van der Waals surface area contributed by atoms with Crippen LogP contribution >= 0.6 is 0 Å². The van der Waals surface area contributed by atoms with Gasteiger partial charge in [0.2, 0.25) is 0 Å². The summed E-state index contributed by atoms with van der Waals surface area (Å²) in [6.45, 7) is 6.75. The summed E-state index contributed by atoms with van der Waals surface area (Å²) >= 11 is 0. The van der Waals surface area contributed by atoms with Gasteiger partial charge in [0.25, 0.3) is 0 Å². The molecule has 2 aliphatic rings. The maximum absolute atomic E-state index is 5.49. The van der Waals surface area contributed by atoms with Gasteiger partial charge in [0.05, 0.1) is 0 Å². The number of piperidine rings is 1. The number of hydrogen-bond donors (Lipinski definition) is 1. The van der Waals surface area contributed by atoms with Crippen molar-refractivity contribution in [1.29, 1.82) is 0 Å². The van der Waals surface area contributed by atoms with E-state index in [9.17, 15) is 0 Å². The van der Waals surface area contributed by atoms with Gasteiger partial charge in [-0.1, -0.05) is 6.92 Å². The highest BCUT2D eigenvalue weighted by Gasteiger charge is 2.39. The first kappa shape index (κ1) is 8.52. The molecule has 2 fully saturated rings. The van der Waals surface area contributed by atoms with E-state index in [1.807, 2.05) is 0 Å². The lowest BCUT2D eigenvalue weighted by Crippen LogP contribution is -2.45. The fourth-order valence-electron chi connectivity index (χ4n) is 2.63. The van der Waals surface area contributed by atoms with E-state index in [1.54, 1.807) is 0 Å². The van der Waals surface area contributed by atoms with Gasteiger partial charge in [-0.2, -0.15) is 0 Å². The normalized spacial score (nSPS) is 35.2. The molecule has 1 spiro atoms. The van der Waals surface area contributed by atoms with Crippen molar-refractivity contribution in [3.63, 3.8) is 0 Å². The molecule has 2 nitrogen and oxygen atoms in total. The van der Waals surface area contributed by atoms with E-state index in [0.29, 0.717) is 5.41 Å². The van der Waals surface area contributed by atoms with Crippen molar-refractivity contribution in [1.82, 2.24) is 5.32 Å². The minimum atomic E-state index is 0.628. The Hall–Kier alpha value is -0.0800. The second-order valence-electron chi connectivity index (χ2n) is 4.34. The molecule has 1 unspecified atom stereocenters. The molecule has 2 saturated heterocycles. The lowest BCUT2D eigenvalue weighted by Gasteiger charge is -2.45. The summed E-state index contributed by atoms with van der Waals surface area (Å²) in [5, 5.41) is 3.44. The van der Waals surface area contributed by atoms with Gasteiger partial charge in [0.15, 0.2) is 0 Å². The molecule has 0 radical (unpaired) electrons. The van der Waals surface area contributed by atoms with E-state index in [4.69, 9.17) is 4.74 Å². The fraction of sp³-hybridized carbons (Fsp3) is 1.00. The number of nitrogens with one attached hydrogen (secondary N) is 1. The van der Waals surface area contributed by atoms with Crippen LogP contribution in [0, 0.1) is 11.3 Å². The summed E-state index contributed by atoms with van der Waals surface area (Å²) in [6.07, 6.45) is 4.00. The van der Waals surface area contributed by atoms with E-state index in [-0.39, 0.29) is 0 Å². The van der Waals surface area contributed by atoms with Crippen LogP contribution in [-0.2, 0) is 4.74 Å². The first-order valence-corrected chi connectivity index (χ1v) is 5.12. The van der Waals surface area contributed by atoms with Crippen molar-refractivity contribution in [2.45, 2.75) is 26.2 Å². The molecular weight excluding hydrogens is 150 g/mol. The zero-order valence-corrected chi connectivity index (χ0v) is 7.94. The molecule has 0 aromatic carbocycles. The quantitative estimate of drug-likeness (QED) is 0.592. The molecule has 2 heteroatoms. The van der Waals surface area contributed by atoms with Crippen LogP contribution in [0.5, 0.6) is 0 Å². The molecule has 0 aromatic heterocycles. The van der Waals surface area contributed by atoms with Gasteiger partial charge in [0, 0.05) is 13.2 Å². The molecule has 0 aromatic rings. The van der Waals surface area contributed by atoms with Gasteiger partial charge in [-0.3, -0.25) is 0 Å². The first-order valence-electron chi connectivity index (χ1n) is 5.12. The summed E-state index contributed by atoms with van der Waals surface area (Å²) in [5.41, 5.74) is 0.628. The van der Waals surface area contributed by atoms with Crippen LogP contribution in [0.4, 0.5) is 0 Å². The Morgan fingerprint density at radius 1 is 1.25 bits per heavy atom. The fourth-order valence-corrected chi connectivity index (χ4v) is 2.63. The van der Waals surface area contributed by atoms with E-state index >= 15 is 0 Å². The van der Waals surface area contributed by atoms with Crippen molar-refractivity contribution in [3.8, 4) is 0 Å². The van der Waals surface area contributed by atoms with Crippen molar-refractivity contribution < 1.29 is 4.74 Å². The predicted molar refractivity (Wildman–Crippen MR) is 49.1 cm³/mol. The van der Waals surface area contributed by atoms with Gasteiger partial charge in [-0.15, -0.1) is 0 Å². The minimum absolute atomic E-state index is 0.628. The molecule has 2 heterocycles. The van der Waals surface area contributed by atoms with Crippen LogP contribution in [0.15, 0.2) is 0 Å². The minimum Gasteiger partial charge on any atom is -0.381 e. The van der Waals surface area contributed by atoms with Gasteiger partial charge in [-0.25, -0.2) is 0 Å². The monoisotopic (exact) mass is 169 g/mol. The van der Waals surface area contributed by atoms with E-state index in [0.717, 1.165) is 19.1 Å². The first-order chi connectivity index (χ1) is 5.83. The summed E-state index contributed by atoms with van der Waals surface area (Å²) in [4.78, 5) is 0. The number of rotatable bonds is 0. The maximum atomic E-state index is 5.49. The van der Waals surface area contributed by atoms with Gasteiger partial charge < -0.3 is 10.1 Å². The van der Waals surface area contributed by atoms with E-state index < -0.39 is 0 Å². The summed E-state index contributed by atoms with van der Waals surface area (Å²) in [7, 11) is 0. The van der Waals surface area contributed by atoms with Crippen LogP contribution in [0.1, 0.15) is 26.2 Å². The summed E-state index contributed by atoms with van der Waals surface area (Å²) in [6, 6.07) is 0. The zero-order chi connectivity index (χ0) is 8.44. The maximum Gasteiger partial charge on any atom is 0.0496 e.